The molecule has 0 aliphatic carbocycles. The van der Waals surface area contributed by atoms with Crippen molar-refractivity contribution in [1.82, 2.24) is 9.88 Å². The van der Waals surface area contributed by atoms with Gasteiger partial charge < -0.3 is 5.32 Å². The number of carbonyl (C=O) groups is 1. The second kappa shape index (κ2) is 7.30. The lowest BCUT2D eigenvalue weighted by Gasteiger charge is -2.44. The van der Waals surface area contributed by atoms with Crippen LogP contribution in [0.2, 0.25) is 0 Å². The third kappa shape index (κ3) is 3.11. The highest BCUT2D eigenvalue weighted by atomic mass is 16.2. The van der Waals surface area contributed by atoms with Gasteiger partial charge in [-0.25, -0.2) is 0 Å². The Morgan fingerprint density at radius 1 is 0.962 bits per heavy atom. The lowest BCUT2D eigenvalue weighted by molar-refractivity contribution is 0.0703. The Bertz CT molecular complexity index is 842. The molecule has 26 heavy (non-hydrogen) atoms. The van der Waals surface area contributed by atoms with Crippen LogP contribution in [-0.4, -0.2) is 23.6 Å². The lowest BCUT2D eigenvalue weighted by atomic mass is 9.62. The van der Waals surface area contributed by atoms with E-state index in [1.165, 1.54) is 11.1 Å². The van der Waals surface area contributed by atoms with E-state index >= 15 is 0 Å². The van der Waals surface area contributed by atoms with Crippen LogP contribution in [0.15, 0.2) is 85.2 Å². The second-order valence-electron chi connectivity index (χ2n) is 7.12. The second-order valence-corrected chi connectivity index (χ2v) is 7.12. The van der Waals surface area contributed by atoms with Crippen molar-refractivity contribution in [2.24, 2.45) is 5.92 Å². The number of nitrogens with one attached hydrogen (secondary N) is 1. The molecule has 2 atom stereocenters. The van der Waals surface area contributed by atoms with Gasteiger partial charge in [0.1, 0.15) is 0 Å². The van der Waals surface area contributed by atoms with E-state index in [4.69, 9.17) is 0 Å². The van der Waals surface area contributed by atoms with Gasteiger partial charge in [-0.05, 0) is 42.6 Å². The lowest BCUT2D eigenvalue weighted by Crippen LogP contribution is -2.53. The van der Waals surface area contributed by atoms with Gasteiger partial charge in [-0.1, -0.05) is 60.7 Å². The molecule has 1 N–H and O–H groups in total. The molecule has 0 spiro atoms. The minimum Gasteiger partial charge on any atom is -0.316 e. The van der Waals surface area contributed by atoms with Gasteiger partial charge in [0.05, 0.1) is 5.92 Å². The third-order valence-corrected chi connectivity index (χ3v) is 5.63. The van der Waals surface area contributed by atoms with Crippen LogP contribution in [0.1, 0.15) is 22.3 Å². The number of nitrogens with zero attached hydrogens (tertiary/aromatic N) is 1. The van der Waals surface area contributed by atoms with Gasteiger partial charge in [0.25, 0.3) is 0 Å². The number of hydrogen-bond acceptors (Lipinski definition) is 2. The maximum Gasteiger partial charge on any atom is 0.235 e. The molecule has 0 bridgehead atoms. The molecule has 1 aliphatic rings. The van der Waals surface area contributed by atoms with Crippen molar-refractivity contribution >= 4 is 5.91 Å². The average molecular weight is 344 g/mol. The normalized spacial score (nSPS) is 22.8. The summed E-state index contributed by atoms with van der Waals surface area (Å²) >= 11 is 0. The van der Waals surface area contributed by atoms with Crippen molar-refractivity contribution in [3.8, 4) is 0 Å². The predicted molar refractivity (Wildman–Crippen MR) is 104 cm³/mol. The van der Waals surface area contributed by atoms with Crippen molar-refractivity contribution in [1.29, 1.82) is 0 Å². The minimum absolute atomic E-state index is 0.105. The van der Waals surface area contributed by atoms with Crippen molar-refractivity contribution in [2.45, 2.75) is 18.3 Å². The summed E-state index contributed by atoms with van der Waals surface area (Å²) in [5.74, 6) is 0.0632. The first-order valence-electron chi connectivity index (χ1n) is 9.27. The van der Waals surface area contributed by atoms with Gasteiger partial charge >= 0.3 is 0 Å². The molecular formula is C23H24N2O. The van der Waals surface area contributed by atoms with Gasteiger partial charge in [-0.15, -0.1) is 0 Å². The van der Waals surface area contributed by atoms with Crippen molar-refractivity contribution in [3.63, 3.8) is 0 Å². The molecule has 2 unspecified atom stereocenters. The van der Waals surface area contributed by atoms with E-state index in [0.717, 1.165) is 19.4 Å². The summed E-state index contributed by atoms with van der Waals surface area (Å²) in [6, 6.07) is 25.0. The molecule has 3 nitrogen and oxygen atoms in total. The first-order valence-corrected chi connectivity index (χ1v) is 9.27. The van der Waals surface area contributed by atoms with Gasteiger partial charge in [0, 0.05) is 24.4 Å². The number of carbonyl (C=O) groups excluding carboxylic acids is 1. The topological polar surface area (TPSA) is 34.0 Å². The van der Waals surface area contributed by atoms with Crippen LogP contribution in [-0.2, 0) is 11.8 Å². The van der Waals surface area contributed by atoms with E-state index in [0.29, 0.717) is 6.54 Å². The predicted octanol–water partition coefficient (Wildman–Crippen LogP) is 3.92. The van der Waals surface area contributed by atoms with Crippen LogP contribution in [0.5, 0.6) is 0 Å². The molecule has 4 rings (SSSR count). The number of benzene rings is 2. The highest BCUT2D eigenvalue weighted by Crippen LogP contribution is 2.41. The first kappa shape index (κ1) is 16.8. The van der Waals surface area contributed by atoms with Crippen LogP contribution in [0.25, 0.3) is 0 Å². The van der Waals surface area contributed by atoms with Crippen LogP contribution >= 0.6 is 0 Å². The maximum atomic E-state index is 13.4. The zero-order valence-corrected chi connectivity index (χ0v) is 14.8. The minimum atomic E-state index is -0.199. The van der Waals surface area contributed by atoms with Crippen LogP contribution in [0.3, 0.4) is 0 Å². The van der Waals surface area contributed by atoms with Crippen molar-refractivity contribution < 1.29 is 4.79 Å². The molecular weight excluding hydrogens is 320 g/mol. The molecule has 3 aromatic rings. The summed E-state index contributed by atoms with van der Waals surface area (Å²) in [7, 11) is 0. The largest absolute Gasteiger partial charge is 0.316 e. The summed E-state index contributed by atoms with van der Waals surface area (Å²) < 4.78 is 1.74. The fourth-order valence-corrected chi connectivity index (χ4v) is 4.30. The Labute approximate surface area is 154 Å². The number of piperidine rings is 1. The molecule has 2 heterocycles. The highest BCUT2D eigenvalue weighted by Gasteiger charge is 2.46. The molecule has 132 valence electrons. The summed E-state index contributed by atoms with van der Waals surface area (Å²) in [4.78, 5) is 13.4. The molecule has 1 aliphatic heterocycles. The van der Waals surface area contributed by atoms with Gasteiger partial charge in [-0.2, -0.15) is 0 Å². The third-order valence-electron chi connectivity index (χ3n) is 5.63. The van der Waals surface area contributed by atoms with E-state index in [2.05, 4.69) is 53.8 Å². The molecule has 1 fully saturated rings. The summed E-state index contributed by atoms with van der Waals surface area (Å²) in [6.07, 6.45) is 5.53. The van der Waals surface area contributed by atoms with Crippen molar-refractivity contribution in [2.75, 3.05) is 13.1 Å². The molecule has 1 aromatic heterocycles. The van der Waals surface area contributed by atoms with Gasteiger partial charge in [-0.3, -0.25) is 9.36 Å². The fourth-order valence-electron chi connectivity index (χ4n) is 4.30. The Hall–Kier alpha value is -2.65. The molecule has 0 saturated carbocycles. The monoisotopic (exact) mass is 344 g/mol. The quantitative estimate of drug-likeness (QED) is 0.778. The fraction of sp³-hybridized carbons (Fsp3) is 0.261. The summed E-state index contributed by atoms with van der Waals surface area (Å²) in [6.45, 7) is 1.63. The zero-order valence-electron chi connectivity index (χ0n) is 14.8. The van der Waals surface area contributed by atoms with E-state index in [9.17, 15) is 4.79 Å². The Kier molecular flexibility index (Phi) is 4.72. The number of aromatic nitrogens is 1. The van der Waals surface area contributed by atoms with Gasteiger partial charge in [0.2, 0.25) is 5.91 Å². The standard InChI is InChI=1S/C23H24N2O/c26-22(25-15-7-8-16-25)21-18-24-14-13-23(21,20-11-5-2-6-12-20)17-19-9-3-1-4-10-19/h1-12,15-16,21,24H,13-14,17-18H2. The molecule has 2 aromatic carbocycles. The zero-order chi connectivity index (χ0) is 17.8. The van der Waals surface area contributed by atoms with E-state index in [1.807, 2.05) is 36.7 Å². The highest BCUT2D eigenvalue weighted by molar-refractivity contribution is 5.83. The van der Waals surface area contributed by atoms with Crippen LogP contribution in [0.4, 0.5) is 0 Å². The molecule has 3 heteroatoms. The summed E-state index contributed by atoms with van der Waals surface area (Å²) in [5.41, 5.74) is 2.34. The Morgan fingerprint density at radius 2 is 1.62 bits per heavy atom. The molecule has 1 saturated heterocycles. The van der Waals surface area contributed by atoms with E-state index in [1.54, 1.807) is 4.57 Å². The Morgan fingerprint density at radius 3 is 2.31 bits per heavy atom. The smallest absolute Gasteiger partial charge is 0.235 e. The number of hydrogen-bond donors (Lipinski definition) is 1. The molecule has 0 amide bonds. The number of rotatable bonds is 4. The first-order chi connectivity index (χ1) is 12.8. The van der Waals surface area contributed by atoms with Crippen LogP contribution in [0, 0.1) is 5.92 Å². The van der Waals surface area contributed by atoms with E-state index in [-0.39, 0.29) is 17.2 Å². The van der Waals surface area contributed by atoms with Gasteiger partial charge in [0.15, 0.2) is 0 Å². The SMILES string of the molecule is O=C(C1CNCCC1(Cc1ccccc1)c1ccccc1)n1cccc1. The summed E-state index contributed by atoms with van der Waals surface area (Å²) in [5, 5.41) is 3.45. The van der Waals surface area contributed by atoms with Crippen molar-refractivity contribution in [3.05, 3.63) is 96.3 Å². The average Bonchev–Trinajstić information content (AvgIpc) is 3.24. The molecule has 0 radical (unpaired) electrons. The van der Waals surface area contributed by atoms with Crippen LogP contribution < -0.4 is 5.32 Å². The van der Waals surface area contributed by atoms with E-state index < -0.39 is 0 Å². The maximum absolute atomic E-state index is 13.4. The Balaban J connectivity index is 1.80.